The molecule has 1 aliphatic heterocycles. The van der Waals surface area contributed by atoms with E-state index in [1.807, 2.05) is 0 Å². The highest BCUT2D eigenvalue weighted by molar-refractivity contribution is 5.99. The fourth-order valence-electron chi connectivity index (χ4n) is 3.94. The monoisotopic (exact) mass is 479 g/mol. The summed E-state index contributed by atoms with van der Waals surface area (Å²) >= 11 is 0. The molecule has 0 saturated carbocycles. The molecule has 0 aliphatic carbocycles. The molecule has 1 aromatic carbocycles. The maximum Gasteiger partial charge on any atom is 0.322 e. The van der Waals surface area contributed by atoms with Crippen molar-refractivity contribution in [1.82, 2.24) is 14.9 Å². The first-order valence-electron chi connectivity index (χ1n) is 11.4. The lowest BCUT2D eigenvalue weighted by molar-refractivity contribution is -0.385. The maximum atomic E-state index is 12.9. The first-order valence-corrected chi connectivity index (χ1v) is 11.4. The third-order valence-electron chi connectivity index (χ3n) is 5.65. The number of rotatable bonds is 10. The maximum absolute atomic E-state index is 12.9. The first kappa shape index (κ1) is 29.0. The zero-order valence-corrected chi connectivity index (χ0v) is 20.9. The molecule has 0 fully saturated rings. The second-order valence-electron chi connectivity index (χ2n) is 8.92. The van der Waals surface area contributed by atoms with Crippen LogP contribution in [0.25, 0.3) is 0 Å². The average molecular weight is 480 g/mol. The fraction of sp³-hybridized carbons (Fsp3) is 0.609. The highest BCUT2D eigenvalue weighted by atomic mass is 16.6. The molecule has 1 atom stereocenters. The van der Waals surface area contributed by atoms with Crippen molar-refractivity contribution < 1.29 is 24.4 Å². The number of carbonyl (C=O) groups is 3. The Balaban J connectivity index is 0.000000718. The number of primary amides is 1. The largest absolute Gasteiger partial charge is 0.480 e. The summed E-state index contributed by atoms with van der Waals surface area (Å²) in [4.78, 5) is 49.0. The summed E-state index contributed by atoms with van der Waals surface area (Å²) in [6, 6.07) is 3.00. The number of fused-ring (bicyclic) bond motifs is 1. The minimum absolute atomic E-state index is 0.0931. The average Bonchev–Trinajstić information content (AvgIpc) is 3.07. The zero-order valence-electron chi connectivity index (χ0n) is 20.9. The molecule has 0 spiro atoms. The highest BCUT2D eigenvalue weighted by Gasteiger charge is 2.44. The van der Waals surface area contributed by atoms with Crippen LogP contribution >= 0.6 is 0 Å². The molecule has 190 valence electrons. The van der Waals surface area contributed by atoms with Crippen molar-refractivity contribution in [3.63, 3.8) is 0 Å². The number of nitrogens with two attached hydrogens (primary N) is 1. The molecule has 0 aromatic heterocycles. The van der Waals surface area contributed by atoms with Crippen molar-refractivity contribution in [3.8, 4) is 0 Å². The number of aliphatic carboxylic acids is 1. The number of nitrogens with zero attached hydrogens (tertiary/aromatic N) is 4. The lowest BCUT2D eigenvalue weighted by Crippen LogP contribution is -2.60. The number of hydrogen-bond donors (Lipinski definition) is 2. The Bertz CT molecular complexity index is 889. The second kappa shape index (κ2) is 12.4. The SMILES string of the molecule is CC(C)(C)N([C@@H](CCC(N)=O)C(=O)O)N1Cc2c(cccc2[N+](=O)[O-])C1=O.CCN(CC)CC. The molecule has 3 N–H and O–H groups in total. The van der Waals surface area contributed by atoms with Gasteiger partial charge in [0.1, 0.15) is 6.04 Å². The van der Waals surface area contributed by atoms with Crippen molar-refractivity contribution in [1.29, 1.82) is 0 Å². The summed E-state index contributed by atoms with van der Waals surface area (Å²) in [6.45, 7) is 15.2. The van der Waals surface area contributed by atoms with E-state index in [9.17, 15) is 29.6 Å². The number of carboxylic acids is 1. The Labute approximate surface area is 200 Å². The van der Waals surface area contributed by atoms with Gasteiger partial charge in [0.05, 0.1) is 22.6 Å². The summed E-state index contributed by atoms with van der Waals surface area (Å²) < 4.78 is 0. The molecular formula is C23H37N5O6. The summed E-state index contributed by atoms with van der Waals surface area (Å²) in [6.07, 6.45) is -0.261. The Morgan fingerprint density at radius 2 is 1.76 bits per heavy atom. The predicted molar refractivity (Wildman–Crippen MR) is 128 cm³/mol. The van der Waals surface area contributed by atoms with E-state index in [0.717, 1.165) is 0 Å². The van der Waals surface area contributed by atoms with E-state index in [1.165, 1.54) is 47.9 Å². The molecule has 11 nitrogen and oxygen atoms in total. The third kappa shape index (κ3) is 7.22. The molecule has 34 heavy (non-hydrogen) atoms. The van der Waals surface area contributed by atoms with E-state index in [1.54, 1.807) is 20.8 Å². The van der Waals surface area contributed by atoms with Gasteiger partial charge in [0.25, 0.3) is 11.6 Å². The van der Waals surface area contributed by atoms with Crippen LogP contribution in [-0.4, -0.2) is 73.9 Å². The van der Waals surface area contributed by atoms with Gasteiger partial charge in [-0.15, -0.1) is 0 Å². The number of hydrogen-bond acceptors (Lipinski definition) is 7. The molecule has 0 bridgehead atoms. The van der Waals surface area contributed by atoms with Gasteiger partial charge in [-0.05, 0) is 52.9 Å². The van der Waals surface area contributed by atoms with Gasteiger partial charge in [-0.3, -0.25) is 29.5 Å². The van der Waals surface area contributed by atoms with Gasteiger partial charge in [0.2, 0.25) is 5.91 Å². The fourth-order valence-corrected chi connectivity index (χ4v) is 3.94. The van der Waals surface area contributed by atoms with Gasteiger partial charge >= 0.3 is 5.97 Å². The zero-order chi connectivity index (χ0) is 26.2. The lowest BCUT2D eigenvalue weighted by Gasteiger charge is -2.44. The number of benzene rings is 1. The van der Waals surface area contributed by atoms with Crippen LogP contribution in [0.2, 0.25) is 0 Å². The highest BCUT2D eigenvalue weighted by Crippen LogP contribution is 2.35. The minimum Gasteiger partial charge on any atom is -0.480 e. The normalized spacial score (nSPS) is 14.0. The van der Waals surface area contributed by atoms with Gasteiger partial charge < -0.3 is 15.7 Å². The van der Waals surface area contributed by atoms with Gasteiger partial charge in [-0.2, -0.15) is 5.01 Å². The van der Waals surface area contributed by atoms with Gasteiger partial charge in [0, 0.05) is 18.0 Å². The lowest BCUT2D eigenvalue weighted by atomic mass is 10.0. The van der Waals surface area contributed by atoms with Crippen LogP contribution in [0.15, 0.2) is 18.2 Å². The number of carbonyl (C=O) groups excluding carboxylic acids is 2. The van der Waals surface area contributed by atoms with Crippen LogP contribution < -0.4 is 5.73 Å². The van der Waals surface area contributed by atoms with Crippen LogP contribution in [0.4, 0.5) is 5.69 Å². The van der Waals surface area contributed by atoms with E-state index in [2.05, 4.69) is 25.7 Å². The standard InChI is InChI=1S/C17H22N4O6.C6H15N/c1-17(2,3)20(13(16(24)25)7-8-14(18)22)19-9-11-10(15(19)23)5-4-6-12(11)21(26)27;1-4-7(5-2)6-3/h4-6,13H,7-9H2,1-3H3,(H2,18,22)(H,24,25);4-6H2,1-3H3/t13-;/m0./s1. The van der Waals surface area contributed by atoms with Crippen molar-refractivity contribution in [3.05, 3.63) is 39.4 Å². The minimum atomic E-state index is -1.22. The number of nitro groups is 1. The quantitative estimate of drug-likeness (QED) is 0.384. The van der Waals surface area contributed by atoms with Crippen LogP contribution in [0.3, 0.4) is 0 Å². The predicted octanol–water partition coefficient (Wildman–Crippen LogP) is 2.63. The van der Waals surface area contributed by atoms with Crippen molar-refractivity contribution >= 4 is 23.5 Å². The molecule has 2 amide bonds. The topological polar surface area (TPSA) is 150 Å². The van der Waals surface area contributed by atoms with E-state index >= 15 is 0 Å². The van der Waals surface area contributed by atoms with Gasteiger partial charge in [-0.25, -0.2) is 0 Å². The summed E-state index contributed by atoms with van der Waals surface area (Å²) in [5, 5.41) is 23.5. The third-order valence-corrected chi connectivity index (χ3v) is 5.65. The smallest absolute Gasteiger partial charge is 0.322 e. The Morgan fingerprint density at radius 3 is 2.15 bits per heavy atom. The molecule has 11 heteroatoms. The van der Waals surface area contributed by atoms with E-state index < -0.39 is 34.3 Å². The number of amides is 2. The number of hydrazine groups is 1. The van der Waals surface area contributed by atoms with E-state index in [4.69, 9.17) is 5.73 Å². The van der Waals surface area contributed by atoms with Crippen LogP contribution in [-0.2, 0) is 16.1 Å². The van der Waals surface area contributed by atoms with E-state index in [0.29, 0.717) is 0 Å². The number of carboxylic acid groups (broad SMARTS) is 1. The van der Waals surface area contributed by atoms with Crippen LogP contribution in [0.1, 0.15) is 70.3 Å². The van der Waals surface area contributed by atoms with Crippen molar-refractivity contribution in [2.75, 3.05) is 19.6 Å². The Kier molecular flexibility index (Phi) is 10.6. The molecule has 1 aromatic rings. The molecular weight excluding hydrogens is 442 g/mol. The molecule has 2 rings (SSSR count). The molecule has 0 radical (unpaired) electrons. The van der Waals surface area contributed by atoms with Crippen molar-refractivity contribution in [2.45, 2.75) is 72.5 Å². The molecule has 1 aliphatic rings. The summed E-state index contributed by atoms with van der Waals surface area (Å²) in [5.74, 6) is -2.39. The van der Waals surface area contributed by atoms with Crippen LogP contribution in [0.5, 0.6) is 0 Å². The Morgan fingerprint density at radius 1 is 1.21 bits per heavy atom. The van der Waals surface area contributed by atoms with Gasteiger partial charge in [0.15, 0.2) is 0 Å². The number of nitro benzene ring substituents is 1. The summed E-state index contributed by atoms with van der Waals surface area (Å²) in [7, 11) is 0. The first-order chi connectivity index (χ1) is 15.8. The van der Waals surface area contributed by atoms with Crippen LogP contribution in [0, 0.1) is 10.1 Å². The Hall–Kier alpha value is -3.05. The van der Waals surface area contributed by atoms with E-state index in [-0.39, 0.29) is 36.2 Å². The van der Waals surface area contributed by atoms with Crippen molar-refractivity contribution in [2.24, 2.45) is 5.73 Å². The summed E-state index contributed by atoms with van der Waals surface area (Å²) in [5.41, 5.74) is 4.54. The molecule has 1 heterocycles. The molecule has 0 saturated heterocycles. The van der Waals surface area contributed by atoms with Gasteiger partial charge in [-0.1, -0.05) is 26.8 Å². The molecule has 0 unspecified atom stereocenters. The second-order valence-corrected chi connectivity index (χ2v) is 8.92.